The predicted octanol–water partition coefficient (Wildman–Crippen LogP) is 1.49. The highest BCUT2D eigenvalue weighted by molar-refractivity contribution is 5.92. The van der Waals surface area contributed by atoms with Crippen LogP contribution in [-0.4, -0.2) is 25.7 Å². The molecule has 2 aromatic heterocycles. The van der Waals surface area contributed by atoms with Gasteiger partial charge in [-0.15, -0.1) is 0 Å². The summed E-state index contributed by atoms with van der Waals surface area (Å²) in [5.41, 5.74) is 3.68. The Kier molecular flexibility index (Phi) is 4.33. The van der Waals surface area contributed by atoms with Crippen LogP contribution < -0.4 is 11.0 Å². The molecule has 2 heterocycles. The summed E-state index contributed by atoms with van der Waals surface area (Å²) in [7, 11) is 0. The SMILES string of the molecule is Cc1n[nH]c(C)c1CNC(=O)c1c[nH]c(=O)n1Cc1ccccc1. The fraction of sp³-hybridized carbons (Fsp3) is 0.235. The van der Waals surface area contributed by atoms with E-state index in [1.807, 2.05) is 44.2 Å². The second-order valence-electron chi connectivity index (χ2n) is 5.65. The molecule has 0 fully saturated rings. The predicted molar refractivity (Wildman–Crippen MR) is 89.8 cm³/mol. The first-order valence-electron chi connectivity index (χ1n) is 7.67. The zero-order valence-electron chi connectivity index (χ0n) is 13.6. The number of H-pyrrole nitrogens is 2. The molecule has 7 heteroatoms. The van der Waals surface area contributed by atoms with Crippen LogP contribution in [0, 0.1) is 13.8 Å². The summed E-state index contributed by atoms with van der Waals surface area (Å²) in [5, 5.41) is 9.84. The van der Waals surface area contributed by atoms with Crippen LogP contribution in [0.1, 0.15) is 33.0 Å². The van der Waals surface area contributed by atoms with E-state index in [0.717, 1.165) is 22.5 Å². The smallest absolute Gasteiger partial charge is 0.326 e. The summed E-state index contributed by atoms with van der Waals surface area (Å²) in [4.78, 5) is 27.1. The van der Waals surface area contributed by atoms with E-state index in [1.54, 1.807) is 0 Å². The molecular weight excluding hydrogens is 306 g/mol. The Bertz CT molecular complexity index is 885. The normalized spacial score (nSPS) is 10.8. The van der Waals surface area contributed by atoms with E-state index in [-0.39, 0.29) is 11.6 Å². The number of carbonyl (C=O) groups is 1. The van der Waals surface area contributed by atoms with Crippen LogP contribution >= 0.6 is 0 Å². The first kappa shape index (κ1) is 15.8. The summed E-state index contributed by atoms with van der Waals surface area (Å²) in [6.45, 7) is 4.49. The first-order chi connectivity index (χ1) is 11.6. The summed E-state index contributed by atoms with van der Waals surface area (Å²) < 4.78 is 1.43. The molecule has 0 bridgehead atoms. The van der Waals surface area contributed by atoms with Crippen LogP contribution in [0.4, 0.5) is 0 Å². The number of rotatable bonds is 5. The molecule has 0 aliphatic heterocycles. The largest absolute Gasteiger partial charge is 0.346 e. The third-order valence-corrected chi connectivity index (χ3v) is 3.99. The van der Waals surface area contributed by atoms with Crippen molar-refractivity contribution in [1.82, 2.24) is 25.1 Å². The molecule has 3 rings (SSSR count). The highest BCUT2D eigenvalue weighted by Gasteiger charge is 2.15. The lowest BCUT2D eigenvalue weighted by Crippen LogP contribution is -2.29. The van der Waals surface area contributed by atoms with Gasteiger partial charge >= 0.3 is 5.69 Å². The fourth-order valence-electron chi connectivity index (χ4n) is 2.60. The Morgan fingerprint density at radius 1 is 1.25 bits per heavy atom. The molecule has 1 amide bonds. The Labute approximate surface area is 138 Å². The van der Waals surface area contributed by atoms with Crippen molar-refractivity contribution in [1.29, 1.82) is 0 Å². The minimum absolute atomic E-state index is 0.302. The molecule has 7 nitrogen and oxygen atoms in total. The zero-order chi connectivity index (χ0) is 17.1. The van der Waals surface area contributed by atoms with Gasteiger partial charge in [0.1, 0.15) is 5.69 Å². The van der Waals surface area contributed by atoms with Gasteiger partial charge in [-0.2, -0.15) is 5.10 Å². The van der Waals surface area contributed by atoms with Crippen LogP contribution in [0.5, 0.6) is 0 Å². The Morgan fingerprint density at radius 3 is 2.67 bits per heavy atom. The Balaban J connectivity index is 1.77. The number of aryl methyl sites for hydroxylation is 2. The third kappa shape index (κ3) is 3.15. The zero-order valence-corrected chi connectivity index (χ0v) is 13.6. The molecule has 0 saturated heterocycles. The summed E-state index contributed by atoms with van der Waals surface area (Å²) in [5.74, 6) is -0.302. The first-order valence-corrected chi connectivity index (χ1v) is 7.67. The lowest BCUT2D eigenvalue weighted by Gasteiger charge is -2.08. The van der Waals surface area contributed by atoms with Crippen LogP contribution in [0.15, 0.2) is 41.3 Å². The maximum absolute atomic E-state index is 12.5. The second-order valence-corrected chi connectivity index (χ2v) is 5.65. The quantitative estimate of drug-likeness (QED) is 0.663. The number of benzene rings is 1. The average molecular weight is 325 g/mol. The van der Waals surface area contributed by atoms with Crippen molar-refractivity contribution in [2.24, 2.45) is 0 Å². The molecule has 124 valence electrons. The van der Waals surface area contributed by atoms with E-state index < -0.39 is 0 Å². The molecule has 0 saturated carbocycles. The van der Waals surface area contributed by atoms with Gasteiger partial charge in [0, 0.05) is 24.0 Å². The lowest BCUT2D eigenvalue weighted by molar-refractivity contribution is 0.0941. The maximum atomic E-state index is 12.5. The number of aromatic amines is 2. The van der Waals surface area contributed by atoms with Gasteiger partial charge in [-0.3, -0.25) is 14.5 Å². The third-order valence-electron chi connectivity index (χ3n) is 3.99. The number of nitrogens with zero attached hydrogens (tertiary/aromatic N) is 2. The molecule has 3 aromatic rings. The van der Waals surface area contributed by atoms with E-state index in [4.69, 9.17) is 0 Å². The fourth-order valence-corrected chi connectivity index (χ4v) is 2.60. The molecule has 24 heavy (non-hydrogen) atoms. The number of hydrogen-bond donors (Lipinski definition) is 3. The molecule has 0 atom stereocenters. The number of nitrogens with one attached hydrogen (secondary N) is 3. The van der Waals surface area contributed by atoms with Crippen molar-refractivity contribution >= 4 is 5.91 Å². The van der Waals surface area contributed by atoms with Crippen molar-refractivity contribution in [3.8, 4) is 0 Å². The van der Waals surface area contributed by atoms with Gasteiger partial charge in [0.25, 0.3) is 5.91 Å². The molecule has 0 radical (unpaired) electrons. The van der Waals surface area contributed by atoms with Crippen molar-refractivity contribution < 1.29 is 4.79 Å². The topological polar surface area (TPSA) is 95.6 Å². The summed E-state index contributed by atoms with van der Waals surface area (Å²) in [6, 6.07) is 9.54. The van der Waals surface area contributed by atoms with Crippen molar-refractivity contribution in [3.63, 3.8) is 0 Å². The van der Waals surface area contributed by atoms with Gasteiger partial charge in [0.2, 0.25) is 0 Å². The van der Waals surface area contributed by atoms with Crippen LogP contribution in [-0.2, 0) is 13.1 Å². The van der Waals surface area contributed by atoms with Gasteiger partial charge in [-0.25, -0.2) is 4.79 Å². The standard InChI is InChI=1S/C17H19N5O2/c1-11-14(12(2)21-20-11)8-18-16(23)15-9-19-17(24)22(15)10-13-6-4-3-5-7-13/h3-7,9H,8,10H2,1-2H3,(H,18,23)(H,19,24)(H,20,21). The molecule has 0 aliphatic rings. The van der Waals surface area contributed by atoms with Gasteiger partial charge in [0.05, 0.1) is 12.2 Å². The highest BCUT2D eigenvalue weighted by atomic mass is 16.2. The van der Waals surface area contributed by atoms with E-state index in [1.165, 1.54) is 10.8 Å². The molecule has 0 unspecified atom stereocenters. The minimum atomic E-state index is -0.306. The van der Waals surface area contributed by atoms with Crippen LogP contribution in [0.2, 0.25) is 0 Å². The summed E-state index contributed by atoms with van der Waals surface area (Å²) in [6.07, 6.45) is 1.44. The number of hydrogen-bond acceptors (Lipinski definition) is 3. The van der Waals surface area contributed by atoms with Gasteiger partial charge in [0.15, 0.2) is 0 Å². The van der Waals surface area contributed by atoms with E-state index in [9.17, 15) is 9.59 Å². The Hall–Kier alpha value is -3.09. The summed E-state index contributed by atoms with van der Waals surface area (Å²) >= 11 is 0. The van der Waals surface area contributed by atoms with Gasteiger partial charge in [-0.05, 0) is 19.4 Å². The van der Waals surface area contributed by atoms with Crippen molar-refractivity contribution in [2.45, 2.75) is 26.9 Å². The lowest BCUT2D eigenvalue weighted by atomic mass is 10.2. The number of aromatic nitrogens is 4. The second kappa shape index (κ2) is 6.57. The Morgan fingerprint density at radius 2 is 2.00 bits per heavy atom. The van der Waals surface area contributed by atoms with Crippen LogP contribution in [0.25, 0.3) is 0 Å². The van der Waals surface area contributed by atoms with Crippen molar-refractivity contribution in [2.75, 3.05) is 0 Å². The van der Waals surface area contributed by atoms with E-state index in [2.05, 4.69) is 20.5 Å². The minimum Gasteiger partial charge on any atom is -0.346 e. The molecular formula is C17H19N5O2. The number of imidazole rings is 1. The molecule has 0 spiro atoms. The number of carbonyl (C=O) groups excluding carboxylic acids is 1. The molecule has 3 N–H and O–H groups in total. The van der Waals surface area contributed by atoms with E-state index >= 15 is 0 Å². The van der Waals surface area contributed by atoms with E-state index in [0.29, 0.717) is 18.8 Å². The molecule has 0 aliphatic carbocycles. The molecule has 1 aromatic carbocycles. The van der Waals surface area contributed by atoms with Crippen molar-refractivity contribution in [3.05, 3.63) is 75.2 Å². The van der Waals surface area contributed by atoms with Crippen LogP contribution in [0.3, 0.4) is 0 Å². The van der Waals surface area contributed by atoms with Gasteiger partial charge in [-0.1, -0.05) is 30.3 Å². The monoisotopic (exact) mass is 325 g/mol. The average Bonchev–Trinajstić information content (AvgIpc) is 3.10. The van der Waals surface area contributed by atoms with Gasteiger partial charge < -0.3 is 10.3 Å². The highest BCUT2D eigenvalue weighted by Crippen LogP contribution is 2.09. The maximum Gasteiger partial charge on any atom is 0.326 e. The number of amides is 1.